The van der Waals surface area contributed by atoms with E-state index in [2.05, 4.69) is 15.1 Å². The molecule has 1 heterocycles. The largest absolute Gasteiger partial charge is 0.357 e. The van der Waals surface area contributed by atoms with E-state index in [4.69, 9.17) is 16.6 Å². The number of rotatable bonds is 5. The quantitative estimate of drug-likeness (QED) is 0.592. The SMILES string of the molecule is CCNC(=NCC(c1ccc(Cl)cc1)N(C)C)N1CCS(=O)(=O)C(C)(C)C1. The third kappa shape index (κ3) is 5.36. The van der Waals surface area contributed by atoms with E-state index in [1.165, 1.54) is 0 Å². The molecule has 0 spiro atoms. The highest BCUT2D eigenvalue weighted by molar-refractivity contribution is 7.92. The molecule has 0 radical (unpaired) electrons. The summed E-state index contributed by atoms with van der Waals surface area (Å²) in [6, 6.07) is 7.93. The summed E-state index contributed by atoms with van der Waals surface area (Å²) < 4.78 is 23.8. The number of hydrogen-bond acceptors (Lipinski definition) is 4. The number of guanidine groups is 1. The first-order chi connectivity index (χ1) is 12.6. The Labute approximate surface area is 168 Å². The Hall–Kier alpha value is -1.31. The zero-order valence-corrected chi connectivity index (χ0v) is 18.4. The van der Waals surface area contributed by atoms with Crippen molar-refractivity contribution >= 4 is 27.4 Å². The summed E-state index contributed by atoms with van der Waals surface area (Å²) >= 11 is 6.01. The normalized spacial score (nSPS) is 20.6. The van der Waals surface area contributed by atoms with Gasteiger partial charge in [-0.3, -0.25) is 4.99 Å². The molecule has 1 fully saturated rings. The first-order valence-corrected chi connectivity index (χ1v) is 11.3. The summed E-state index contributed by atoms with van der Waals surface area (Å²) in [4.78, 5) is 9.01. The lowest BCUT2D eigenvalue weighted by atomic mass is 10.1. The molecule has 0 aliphatic carbocycles. The Morgan fingerprint density at radius 2 is 1.96 bits per heavy atom. The first-order valence-electron chi connectivity index (χ1n) is 9.25. The third-order valence-electron chi connectivity index (χ3n) is 4.97. The Kier molecular flexibility index (Phi) is 7.16. The van der Waals surface area contributed by atoms with Crippen molar-refractivity contribution < 1.29 is 8.42 Å². The fraction of sp³-hybridized carbons (Fsp3) is 0.632. The van der Waals surface area contributed by atoms with Crippen LogP contribution >= 0.6 is 11.6 Å². The maximum Gasteiger partial charge on any atom is 0.194 e. The second-order valence-electron chi connectivity index (χ2n) is 7.73. The Morgan fingerprint density at radius 3 is 2.48 bits per heavy atom. The number of sulfone groups is 1. The Balaban J connectivity index is 2.22. The lowest BCUT2D eigenvalue weighted by Crippen LogP contribution is -2.57. The van der Waals surface area contributed by atoms with Gasteiger partial charge in [0.25, 0.3) is 0 Å². The van der Waals surface area contributed by atoms with Crippen LogP contribution in [0, 0.1) is 0 Å². The standard InChI is InChI=1S/C19H31ClN4O2S/c1-6-21-18(24-11-12-27(25,26)19(2,3)14-24)22-13-17(23(4)5)15-7-9-16(20)10-8-15/h7-10,17H,6,11-14H2,1-5H3,(H,21,22). The molecular formula is C19H31ClN4O2S. The van der Waals surface area contributed by atoms with Crippen molar-refractivity contribution in [1.82, 2.24) is 15.1 Å². The number of nitrogens with one attached hydrogen (secondary N) is 1. The van der Waals surface area contributed by atoms with Gasteiger partial charge in [0, 0.05) is 24.7 Å². The topological polar surface area (TPSA) is 65.0 Å². The van der Waals surface area contributed by atoms with Crippen LogP contribution in [0.5, 0.6) is 0 Å². The van der Waals surface area contributed by atoms with Gasteiger partial charge in [-0.2, -0.15) is 0 Å². The van der Waals surface area contributed by atoms with E-state index in [9.17, 15) is 8.42 Å². The summed E-state index contributed by atoms with van der Waals surface area (Å²) in [7, 11) is 0.973. The van der Waals surface area contributed by atoms with E-state index < -0.39 is 14.6 Å². The minimum absolute atomic E-state index is 0.109. The molecule has 27 heavy (non-hydrogen) atoms. The van der Waals surface area contributed by atoms with Gasteiger partial charge in [-0.05, 0) is 52.6 Å². The maximum atomic E-state index is 12.3. The van der Waals surface area contributed by atoms with Gasteiger partial charge in [-0.1, -0.05) is 23.7 Å². The van der Waals surface area contributed by atoms with E-state index in [0.29, 0.717) is 24.7 Å². The molecule has 8 heteroatoms. The molecule has 1 aromatic rings. The summed E-state index contributed by atoms with van der Waals surface area (Å²) in [5.41, 5.74) is 1.14. The number of nitrogens with zero attached hydrogens (tertiary/aromatic N) is 3. The zero-order valence-electron chi connectivity index (χ0n) is 16.9. The van der Waals surface area contributed by atoms with Crippen LogP contribution in [0.15, 0.2) is 29.3 Å². The number of hydrogen-bond donors (Lipinski definition) is 1. The number of benzene rings is 1. The lowest BCUT2D eigenvalue weighted by molar-refractivity contribution is 0.303. The van der Waals surface area contributed by atoms with Gasteiger partial charge in [-0.25, -0.2) is 8.42 Å². The highest BCUT2D eigenvalue weighted by atomic mass is 35.5. The average Bonchev–Trinajstić information content (AvgIpc) is 2.58. The molecule has 1 atom stereocenters. The second kappa shape index (κ2) is 8.80. The van der Waals surface area contributed by atoms with Gasteiger partial charge in [0.05, 0.1) is 23.1 Å². The van der Waals surface area contributed by atoms with Gasteiger partial charge in [0.15, 0.2) is 15.8 Å². The molecule has 152 valence electrons. The van der Waals surface area contributed by atoms with Crippen molar-refractivity contribution in [3.05, 3.63) is 34.9 Å². The van der Waals surface area contributed by atoms with Crippen molar-refractivity contribution in [3.8, 4) is 0 Å². The van der Waals surface area contributed by atoms with Crippen LogP contribution in [-0.4, -0.2) is 75.0 Å². The highest BCUT2D eigenvalue weighted by Gasteiger charge is 2.41. The molecule has 0 saturated carbocycles. The van der Waals surface area contributed by atoms with Crippen molar-refractivity contribution in [2.24, 2.45) is 4.99 Å². The van der Waals surface area contributed by atoms with E-state index in [0.717, 1.165) is 18.1 Å². The zero-order chi connectivity index (χ0) is 20.2. The number of aliphatic imine (C=N–C) groups is 1. The van der Waals surface area contributed by atoms with Gasteiger partial charge >= 0.3 is 0 Å². The van der Waals surface area contributed by atoms with Crippen molar-refractivity contribution in [3.63, 3.8) is 0 Å². The van der Waals surface area contributed by atoms with Crippen molar-refractivity contribution in [1.29, 1.82) is 0 Å². The molecule has 1 unspecified atom stereocenters. The van der Waals surface area contributed by atoms with Crippen LogP contribution in [0.3, 0.4) is 0 Å². The molecule has 1 aromatic carbocycles. The van der Waals surface area contributed by atoms with Crippen LogP contribution in [0.4, 0.5) is 0 Å². The van der Waals surface area contributed by atoms with Crippen LogP contribution in [-0.2, 0) is 9.84 Å². The maximum absolute atomic E-state index is 12.3. The van der Waals surface area contributed by atoms with Gasteiger partial charge < -0.3 is 15.1 Å². The van der Waals surface area contributed by atoms with Crippen molar-refractivity contribution in [2.45, 2.75) is 31.6 Å². The summed E-state index contributed by atoms with van der Waals surface area (Å²) in [5, 5.41) is 4.03. The molecule has 1 N–H and O–H groups in total. The van der Waals surface area contributed by atoms with E-state index in [1.807, 2.05) is 45.3 Å². The van der Waals surface area contributed by atoms with Gasteiger partial charge in [0.2, 0.25) is 0 Å². The van der Waals surface area contributed by atoms with Crippen molar-refractivity contribution in [2.75, 3.05) is 46.0 Å². The smallest absolute Gasteiger partial charge is 0.194 e. The van der Waals surface area contributed by atoms with Crippen LogP contribution < -0.4 is 5.32 Å². The van der Waals surface area contributed by atoms with Gasteiger partial charge in [-0.15, -0.1) is 0 Å². The van der Waals surface area contributed by atoms with Crippen LogP contribution in [0.2, 0.25) is 5.02 Å². The Bertz CT molecular complexity index is 760. The van der Waals surface area contributed by atoms with E-state index >= 15 is 0 Å². The average molecular weight is 415 g/mol. The Morgan fingerprint density at radius 1 is 1.33 bits per heavy atom. The molecule has 6 nitrogen and oxygen atoms in total. The number of halogens is 1. The molecule has 0 amide bonds. The second-order valence-corrected chi connectivity index (χ2v) is 10.9. The third-order valence-corrected chi connectivity index (χ3v) is 7.75. The molecule has 0 bridgehead atoms. The fourth-order valence-electron chi connectivity index (χ4n) is 3.18. The fourth-order valence-corrected chi connectivity index (χ4v) is 4.67. The minimum Gasteiger partial charge on any atom is -0.357 e. The van der Waals surface area contributed by atoms with Crippen LogP contribution in [0.1, 0.15) is 32.4 Å². The summed E-state index contributed by atoms with van der Waals surface area (Å²) in [6.45, 7) is 7.80. The molecule has 2 rings (SSSR count). The lowest BCUT2D eigenvalue weighted by Gasteiger charge is -2.39. The molecule has 1 aliphatic heterocycles. The van der Waals surface area contributed by atoms with E-state index in [-0.39, 0.29) is 11.8 Å². The predicted molar refractivity (Wildman–Crippen MR) is 113 cm³/mol. The molecular weight excluding hydrogens is 384 g/mol. The van der Waals surface area contributed by atoms with E-state index in [1.54, 1.807) is 13.8 Å². The highest BCUT2D eigenvalue weighted by Crippen LogP contribution is 2.24. The minimum atomic E-state index is -3.08. The molecule has 1 saturated heterocycles. The van der Waals surface area contributed by atoms with Crippen LogP contribution in [0.25, 0.3) is 0 Å². The monoisotopic (exact) mass is 414 g/mol. The number of likely N-dealkylation sites (N-methyl/N-ethyl adjacent to an activating group) is 1. The molecule has 1 aliphatic rings. The van der Waals surface area contributed by atoms with Gasteiger partial charge in [0.1, 0.15) is 0 Å². The predicted octanol–water partition coefficient (Wildman–Crippen LogP) is 2.42. The first kappa shape index (κ1) is 22.0. The summed E-state index contributed by atoms with van der Waals surface area (Å²) in [6.07, 6.45) is 0. The molecule has 0 aromatic heterocycles. The summed E-state index contributed by atoms with van der Waals surface area (Å²) in [5.74, 6) is 0.917.